The number of nitrogens with zero attached hydrogens (tertiary/aromatic N) is 1. The molecule has 1 atom stereocenters. The number of ether oxygens (including phenoxy) is 2. The van der Waals surface area contributed by atoms with Gasteiger partial charge in [-0.3, -0.25) is 4.79 Å². The summed E-state index contributed by atoms with van der Waals surface area (Å²) in [5, 5.41) is 13.3. The summed E-state index contributed by atoms with van der Waals surface area (Å²) in [4.78, 5) is 17.4. The summed E-state index contributed by atoms with van der Waals surface area (Å²) < 4.78 is 12.1. The van der Waals surface area contributed by atoms with Crippen molar-refractivity contribution in [1.82, 2.24) is 0 Å². The van der Waals surface area contributed by atoms with Crippen LogP contribution in [-0.2, 0) is 11.2 Å². The molecule has 1 aliphatic heterocycles. The Labute approximate surface area is 233 Å². The number of carbonyl (C=O) groups is 1. The molecule has 4 rings (SSSR count). The minimum absolute atomic E-state index is 0.0454. The fourth-order valence-electron chi connectivity index (χ4n) is 4.63. The molecule has 6 N–H and O–H groups in total. The van der Waals surface area contributed by atoms with Gasteiger partial charge < -0.3 is 31.4 Å². The largest absolute Gasteiger partial charge is 0.507 e. The van der Waals surface area contributed by atoms with Crippen molar-refractivity contribution in [1.29, 1.82) is 0 Å². The standard InChI is InChI=1S/C30H36N4O4S/c1-18-19(2)28-25(20(3)27(18)36)12-13-30(4,38-28)14-15-39-24-10-8-21(9-11-24)33-26(35)17-37-23-7-5-6-22(16-23)34-29(31)32/h5-11,16,36H,12-15,17H2,1-4H3,(H,33,35)(H4,31,32,34). The van der Waals surface area contributed by atoms with Gasteiger partial charge in [-0.05, 0) is 100 Å². The predicted octanol–water partition coefficient (Wildman–Crippen LogP) is 5.51. The van der Waals surface area contributed by atoms with Gasteiger partial charge in [0.05, 0.1) is 5.69 Å². The van der Waals surface area contributed by atoms with Crippen LogP contribution in [0.4, 0.5) is 11.4 Å². The van der Waals surface area contributed by atoms with Gasteiger partial charge in [0.1, 0.15) is 22.8 Å². The lowest BCUT2D eigenvalue weighted by atomic mass is 9.86. The number of phenols is 1. The Kier molecular flexibility index (Phi) is 8.60. The molecule has 1 aliphatic rings. The van der Waals surface area contributed by atoms with Crippen molar-refractivity contribution in [2.75, 3.05) is 17.7 Å². The number of rotatable bonds is 9. The highest BCUT2D eigenvalue weighted by atomic mass is 32.2. The molecule has 0 saturated heterocycles. The Balaban J connectivity index is 1.26. The van der Waals surface area contributed by atoms with E-state index in [1.165, 1.54) is 0 Å². The lowest BCUT2D eigenvalue weighted by Crippen LogP contribution is -2.37. The number of amides is 1. The second kappa shape index (κ2) is 11.9. The third kappa shape index (κ3) is 6.97. The first kappa shape index (κ1) is 28.2. The molecule has 0 radical (unpaired) electrons. The third-order valence-electron chi connectivity index (χ3n) is 7.08. The maximum Gasteiger partial charge on any atom is 0.262 e. The van der Waals surface area contributed by atoms with Crippen LogP contribution in [0.1, 0.15) is 42.0 Å². The minimum Gasteiger partial charge on any atom is -0.507 e. The molecule has 8 nitrogen and oxygen atoms in total. The van der Waals surface area contributed by atoms with Crippen molar-refractivity contribution in [3.05, 3.63) is 70.8 Å². The van der Waals surface area contributed by atoms with Crippen LogP contribution in [0.15, 0.2) is 58.4 Å². The number of phenolic OH excluding ortho intramolecular Hbond substituents is 1. The van der Waals surface area contributed by atoms with E-state index in [9.17, 15) is 9.90 Å². The number of benzene rings is 3. The molecule has 0 saturated carbocycles. The Morgan fingerprint density at radius 2 is 1.87 bits per heavy atom. The number of thioether (sulfide) groups is 1. The Morgan fingerprint density at radius 3 is 2.59 bits per heavy atom. The van der Waals surface area contributed by atoms with E-state index in [0.29, 0.717) is 22.9 Å². The molecular weight excluding hydrogens is 512 g/mol. The second-order valence-electron chi connectivity index (χ2n) is 10.1. The van der Waals surface area contributed by atoms with E-state index in [4.69, 9.17) is 20.9 Å². The average molecular weight is 549 g/mol. The van der Waals surface area contributed by atoms with E-state index in [-0.39, 0.29) is 24.1 Å². The fourth-order valence-corrected chi connectivity index (χ4v) is 5.73. The molecule has 3 aromatic rings. The lowest BCUT2D eigenvalue weighted by molar-refractivity contribution is -0.118. The van der Waals surface area contributed by atoms with Crippen LogP contribution in [0, 0.1) is 20.8 Å². The van der Waals surface area contributed by atoms with Crippen molar-refractivity contribution in [2.45, 2.75) is 57.5 Å². The van der Waals surface area contributed by atoms with Crippen molar-refractivity contribution >= 4 is 35.0 Å². The summed E-state index contributed by atoms with van der Waals surface area (Å²) in [6, 6.07) is 14.6. The van der Waals surface area contributed by atoms with Gasteiger partial charge in [0, 0.05) is 28.0 Å². The number of carbonyl (C=O) groups excluding carboxylic acids is 1. The summed E-state index contributed by atoms with van der Waals surface area (Å²) in [7, 11) is 0. The van der Waals surface area contributed by atoms with Crippen LogP contribution in [0.3, 0.4) is 0 Å². The smallest absolute Gasteiger partial charge is 0.262 e. The summed E-state index contributed by atoms with van der Waals surface area (Å²) in [6.45, 7) is 7.97. The van der Waals surface area contributed by atoms with Gasteiger partial charge in [0.2, 0.25) is 0 Å². The first-order chi connectivity index (χ1) is 18.5. The average Bonchev–Trinajstić information content (AvgIpc) is 2.90. The van der Waals surface area contributed by atoms with Gasteiger partial charge in [-0.1, -0.05) is 6.07 Å². The summed E-state index contributed by atoms with van der Waals surface area (Å²) in [5.41, 5.74) is 15.8. The first-order valence-corrected chi connectivity index (χ1v) is 13.9. The number of anilines is 1. The van der Waals surface area contributed by atoms with E-state index in [0.717, 1.165) is 57.9 Å². The van der Waals surface area contributed by atoms with Crippen LogP contribution in [0.5, 0.6) is 17.2 Å². The highest BCUT2D eigenvalue weighted by Crippen LogP contribution is 2.44. The number of fused-ring (bicyclic) bond motifs is 1. The minimum atomic E-state index is -0.264. The predicted molar refractivity (Wildman–Crippen MR) is 157 cm³/mol. The topological polar surface area (TPSA) is 132 Å². The molecule has 39 heavy (non-hydrogen) atoms. The molecule has 0 bridgehead atoms. The lowest BCUT2D eigenvalue weighted by Gasteiger charge is -2.38. The molecule has 1 heterocycles. The number of guanidine groups is 1. The number of aromatic hydroxyl groups is 1. The zero-order valence-electron chi connectivity index (χ0n) is 22.8. The highest BCUT2D eigenvalue weighted by Gasteiger charge is 2.34. The van der Waals surface area contributed by atoms with Crippen LogP contribution in [0.25, 0.3) is 0 Å². The quantitative estimate of drug-likeness (QED) is 0.158. The molecule has 0 aromatic heterocycles. The van der Waals surface area contributed by atoms with Crippen LogP contribution >= 0.6 is 11.8 Å². The highest BCUT2D eigenvalue weighted by molar-refractivity contribution is 7.99. The van der Waals surface area contributed by atoms with Crippen LogP contribution in [-0.4, -0.2) is 34.9 Å². The Bertz CT molecular complexity index is 1390. The summed E-state index contributed by atoms with van der Waals surface area (Å²) in [5.74, 6) is 2.41. The van der Waals surface area contributed by atoms with Crippen molar-refractivity contribution < 1.29 is 19.4 Å². The second-order valence-corrected chi connectivity index (χ2v) is 11.2. The molecule has 0 spiro atoms. The Hall–Kier alpha value is -3.85. The van der Waals surface area contributed by atoms with Gasteiger partial charge in [-0.2, -0.15) is 0 Å². The van der Waals surface area contributed by atoms with E-state index in [1.54, 1.807) is 36.0 Å². The summed E-state index contributed by atoms with van der Waals surface area (Å²) >= 11 is 1.76. The first-order valence-electron chi connectivity index (χ1n) is 12.9. The van der Waals surface area contributed by atoms with Gasteiger partial charge in [0.15, 0.2) is 12.6 Å². The monoisotopic (exact) mass is 548 g/mol. The maximum atomic E-state index is 12.4. The SMILES string of the molecule is Cc1c(C)c2c(c(C)c1O)CCC(C)(CCSc1ccc(NC(=O)COc3cccc(N=C(N)N)c3)cc1)O2. The molecule has 0 aliphatic carbocycles. The van der Waals surface area contributed by atoms with Gasteiger partial charge in [-0.25, -0.2) is 4.99 Å². The van der Waals surface area contributed by atoms with E-state index < -0.39 is 0 Å². The van der Waals surface area contributed by atoms with Gasteiger partial charge in [-0.15, -0.1) is 11.8 Å². The number of aliphatic imine (C=N–C) groups is 1. The van der Waals surface area contributed by atoms with Gasteiger partial charge in [0.25, 0.3) is 5.91 Å². The van der Waals surface area contributed by atoms with Crippen LogP contribution in [0.2, 0.25) is 0 Å². The zero-order chi connectivity index (χ0) is 28.2. The third-order valence-corrected chi connectivity index (χ3v) is 8.09. The number of hydrogen-bond donors (Lipinski definition) is 4. The molecule has 1 unspecified atom stereocenters. The van der Waals surface area contributed by atoms with Crippen molar-refractivity contribution in [3.63, 3.8) is 0 Å². The van der Waals surface area contributed by atoms with Crippen molar-refractivity contribution in [2.24, 2.45) is 16.5 Å². The molecule has 0 fully saturated rings. The molecular formula is C30H36N4O4S. The summed E-state index contributed by atoms with van der Waals surface area (Å²) in [6.07, 6.45) is 2.71. The molecule has 3 aromatic carbocycles. The normalized spacial score (nSPS) is 16.1. The van der Waals surface area contributed by atoms with Gasteiger partial charge >= 0.3 is 0 Å². The van der Waals surface area contributed by atoms with E-state index in [2.05, 4.69) is 17.2 Å². The number of nitrogens with one attached hydrogen (secondary N) is 1. The Morgan fingerprint density at radius 1 is 1.13 bits per heavy atom. The van der Waals surface area contributed by atoms with E-state index >= 15 is 0 Å². The molecule has 1 amide bonds. The molecule has 206 valence electrons. The zero-order valence-corrected chi connectivity index (χ0v) is 23.7. The fraction of sp³-hybridized carbons (Fsp3) is 0.333. The molecule has 9 heteroatoms. The van der Waals surface area contributed by atoms with Crippen LogP contribution < -0.4 is 26.3 Å². The number of hydrogen-bond acceptors (Lipinski definition) is 6. The van der Waals surface area contributed by atoms with E-state index in [1.807, 2.05) is 45.0 Å². The number of nitrogens with two attached hydrogens (primary N) is 2. The van der Waals surface area contributed by atoms with Crippen molar-refractivity contribution in [3.8, 4) is 17.2 Å². The maximum absolute atomic E-state index is 12.4.